The quantitative estimate of drug-likeness (QED) is 0.683. The maximum Gasteiger partial charge on any atom is 0.240 e. The van der Waals surface area contributed by atoms with Crippen molar-refractivity contribution in [2.24, 2.45) is 0 Å². The fourth-order valence-electron chi connectivity index (χ4n) is 3.03. The number of benzene rings is 1. The van der Waals surface area contributed by atoms with Crippen LogP contribution in [0.4, 0.5) is 0 Å². The summed E-state index contributed by atoms with van der Waals surface area (Å²) in [5.74, 6) is 0.750. The van der Waals surface area contributed by atoms with Crippen LogP contribution in [-0.2, 0) is 16.3 Å². The maximum atomic E-state index is 12.7. The van der Waals surface area contributed by atoms with Gasteiger partial charge in [-0.1, -0.05) is 12.1 Å². The van der Waals surface area contributed by atoms with Gasteiger partial charge < -0.3 is 9.47 Å². The van der Waals surface area contributed by atoms with Crippen molar-refractivity contribution in [3.05, 3.63) is 53.9 Å². The van der Waals surface area contributed by atoms with E-state index >= 15 is 0 Å². The van der Waals surface area contributed by atoms with Crippen molar-refractivity contribution in [3.8, 4) is 17.7 Å². The van der Waals surface area contributed by atoms with Crippen LogP contribution >= 0.6 is 0 Å². The van der Waals surface area contributed by atoms with Gasteiger partial charge in [-0.05, 0) is 36.6 Å². The highest BCUT2D eigenvalue weighted by Gasteiger charge is 2.33. The summed E-state index contributed by atoms with van der Waals surface area (Å²) in [6.07, 6.45) is 4.69. The molecule has 1 saturated carbocycles. The molecule has 0 saturated heterocycles. The Labute approximate surface area is 162 Å². The van der Waals surface area contributed by atoms with Crippen molar-refractivity contribution in [1.29, 1.82) is 10.0 Å². The molecule has 3 aromatic rings. The lowest BCUT2D eigenvalue weighted by Gasteiger charge is -2.13. The van der Waals surface area contributed by atoms with Gasteiger partial charge in [0.05, 0.1) is 22.2 Å². The molecular formula is C20H18N4O3S. The van der Waals surface area contributed by atoms with E-state index in [1.165, 1.54) is 13.3 Å². The second-order valence-corrected chi connectivity index (χ2v) is 8.90. The molecule has 0 bridgehead atoms. The standard InChI is InChI=1S/C20H18N4O3S/c1-26-20-18-17(7-8-23-20)19(14(10-21)11-24-18)27-12-13-3-2-4-16(9-13)28(22,25)15-5-6-15/h2-4,7-9,11,15,22H,5-6,12H2,1H3. The first-order chi connectivity index (χ1) is 13.5. The zero-order chi connectivity index (χ0) is 19.7. The third kappa shape index (κ3) is 3.25. The average Bonchev–Trinajstić information content (AvgIpc) is 3.57. The Morgan fingerprint density at radius 2 is 2.14 bits per heavy atom. The summed E-state index contributed by atoms with van der Waals surface area (Å²) < 4.78 is 32.1. The molecular weight excluding hydrogens is 376 g/mol. The number of ether oxygens (including phenoxy) is 2. The van der Waals surface area contributed by atoms with E-state index in [9.17, 15) is 9.47 Å². The summed E-state index contributed by atoms with van der Waals surface area (Å²) in [5, 5.41) is 10.0. The second kappa shape index (κ2) is 7.09. The van der Waals surface area contributed by atoms with Crippen LogP contribution in [0.5, 0.6) is 11.6 Å². The van der Waals surface area contributed by atoms with Gasteiger partial charge in [-0.2, -0.15) is 5.26 Å². The number of methoxy groups -OCH3 is 1. The first-order valence-corrected chi connectivity index (χ1v) is 10.4. The van der Waals surface area contributed by atoms with Crippen LogP contribution in [0.25, 0.3) is 10.9 Å². The topological polar surface area (TPSA) is 109 Å². The van der Waals surface area contributed by atoms with E-state index in [1.807, 2.05) is 6.07 Å². The van der Waals surface area contributed by atoms with Crippen LogP contribution in [0.2, 0.25) is 0 Å². The molecule has 7 nitrogen and oxygen atoms in total. The molecule has 28 heavy (non-hydrogen) atoms. The molecule has 4 rings (SSSR count). The van der Waals surface area contributed by atoms with Gasteiger partial charge in [0, 0.05) is 22.5 Å². The molecule has 1 atom stereocenters. The average molecular weight is 394 g/mol. The number of hydrogen-bond acceptors (Lipinski definition) is 7. The lowest BCUT2D eigenvalue weighted by Crippen LogP contribution is -2.06. The summed E-state index contributed by atoms with van der Waals surface area (Å²) in [6.45, 7) is 0.173. The van der Waals surface area contributed by atoms with Crippen molar-refractivity contribution in [3.63, 3.8) is 0 Å². The van der Waals surface area contributed by atoms with Crippen LogP contribution in [0.15, 0.2) is 47.6 Å². The SMILES string of the molecule is COc1nccc2c(OCc3cccc(S(=N)(=O)C4CC4)c3)c(C#N)cnc12. The Balaban J connectivity index is 1.67. The largest absolute Gasteiger partial charge is 0.487 e. The highest BCUT2D eigenvalue weighted by Crippen LogP contribution is 2.35. The van der Waals surface area contributed by atoms with E-state index < -0.39 is 9.73 Å². The van der Waals surface area contributed by atoms with Crippen LogP contribution < -0.4 is 9.47 Å². The molecule has 0 amide bonds. The monoisotopic (exact) mass is 394 g/mol. The number of hydrogen-bond donors (Lipinski definition) is 1. The van der Waals surface area contributed by atoms with Gasteiger partial charge in [0.15, 0.2) is 0 Å². The minimum atomic E-state index is -2.77. The van der Waals surface area contributed by atoms with E-state index in [4.69, 9.17) is 14.3 Å². The summed E-state index contributed by atoms with van der Waals surface area (Å²) in [7, 11) is -1.26. The molecule has 1 aromatic carbocycles. The van der Waals surface area contributed by atoms with E-state index in [0.717, 1.165) is 18.4 Å². The van der Waals surface area contributed by atoms with E-state index in [1.54, 1.807) is 30.5 Å². The normalized spacial score (nSPS) is 15.6. The predicted molar refractivity (Wildman–Crippen MR) is 104 cm³/mol. The molecule has 0 radical (unpaired) electrons. The zero-order valence-electron chi connectivity index (χ0n) is 15.2. The van der Waals surface area contributed by atoms with Gasteiger partial charge in [-0.25, -0.2) is 19.0 Å². The van der Waals surface area contributed by atoms with Crippen LogP contribution in [0.1, 0.15) is 24.0 Å². The van der Waals surface area contributed by atoms with E-state index in [2.05, 4.69) is 16.0 Å². The van der Waals surface area contributed by atoms with Crippen molar-refractivity contribution >= 4 is 20.6 Å². The van der Waals surface area contributed by atoms with E-state index in [0.29, 0.717) is 33.0 Å². The van der Waals surface area contributed by atoms with Crippen molar-refractivity contribution in [1.82, 2.24) is 9.97 Å². The van der Waals surface area contributed by atoms with Gasteiger partial charge >= 0.3 is 0 Å². The number of aromatic nitrogens is 2. The number of rotatable bonds is 6. The van der Waals surface area contributed by atoms with Crippen LogP contribution in [-0.4, -0.2) is 26.5 Å². The summed E-state index contributed by atoms with van der Waals surface area (Å²) in [4.78, 5) is 8.91. The molecule has 1 fully saturated rings. The minimum absolute atomic E-state index is 0.0435. The number of fused-ring (bicyclic) bond motifs is 1. The number of nitriles is 1. The molecule has 1 aliphatic rings. The lowest BCUT2D eigenvalue weighted by atomic mass is 10.1. The van der Waals surface area contributed by atoms with Gasteiger partial charge in [-0.3, -0.25) is 0 Å². The fourth-order valence-corrected chi connectivity index (χ4v) is 4.82. The predicted octanol–water partition coefficient (Wildman–Crippen LogP) is 3.66. The Hall–Kier alpha value is -3.18. The Morgan fingerprint density at radius 1 is 1.32 bits per heavy atom. The first kappa shape index (κ1) is 18.2. The number of pyridine rings is 2. The molecule has 0 spiro atoms. The second-order valence-electron chi connectivity index (χ2n) is 6.57. The fraction of sp³-hybridized carbons (Fsp3) is 0.250. The maximum absolute atomic E-state index is 12.7. The third-order valence-corrected chi connectivity index (χ3v) is 7.01. The van der Waals surface area contributed by atoms with Crippen LogP contribution in [0, 0.1) is 16.1 Å². The Morgan fingerprint density at radius 3 is 2.86 bits per heavy atom. The molecule has 2 aromatic heterocycles. The van der Waals surface area contributed by atoms with E-state index in [-0.39, 0.29) is 11.9 Å². The van der Waals surface area contributed by atoms with Crippen molar-refractivity contribution < 1.29 is 13.7 Å². The zero-order valence-corrected chi connectivity index (χ0v) is 16.0. The Bertz CT molecular complexity index is 1200. The molecule has 1 unspecified atom stereocenters. The van der Waals surface area contributed by atoms with Gasteiger partial charge in [0.2, 0.25) is 5.88 Å². The summed E-state index contributed by atoms with van der Waals surface area (Å²) >= 11 is 0. The minimum Gasteiger partial charge on any atom is -0.487 e. The molecule has 142 valence electrons. The van der Waals surface area contributed by atoms with Crippen molar-refractivity contribution in [2.75, 3.05) is 7.11 Å². The third-order valence-electron chi connectivity index (χ3n) is 4.64. The smallest absolute Gasteiger partial charge is 0.240 e. The van der Waals surface area contributed by atoms with Crippen molar-refractivity contribution in [2.45, 2.75) is 29.6 Å². The lowest BCUT2D eigenvalue weighted by molar-refractivity contribution is 0.308. The summed E-state index contributed by atoms with van der Waals surface area (Å²) in [5.41, 5.74) is 1.60. The number of nitrogens with zero attached hydrogens (tertiary/aromatic N) is 3. The highest BCUT2D eigenvalue weighted by molar-refractivity contribution is 7.93. The number of nitrogens with one attached hydrogen (secondary N) is 1. The van der Waals surface area contributed by atoms with Gasteiger partial charge in [-0.15, -0.1) is 0 Å². The first-order valence-electron chi connectivity index (χ1n) is 8.76. The summed E-state index contributed by atoms with van der Waals surface area (Å²) in [6, 6.07) is 10.9. The molecule has 1 aliphatic carbocycles. The molecule has 1 N–H and O–H groups in total. The Kier molecular flexibility index (Phi) is 4.61. The van der Waals surface area contributed by atoms with Crippen LogP contribution in [0.3, 0.4) is 0 Å². The molecule has 0 aliphatic heterocycles. The van der Waals surface area contributed by atoms with Gasteiger partial charge in [0.1, 0.15) is 29.5 Å². The van der Waals surface area contributed by atoms with Gasteiger partial charge in [0.25, 0.3) is 0 Å². The highest BCUT2D eigenvalue weighted by atomic mass is 32.2. The molecule has 8 heteroatoms. The molecule has 2 heterocycles.